The summed E-state index contributed by atoms with van der Waals surface area (Å²) < 4.78 is 1.95. The lowest BCUT2D eigenvalue weighted by Crippen LogP contribution is -2.49. The van der Waals surface area contributed by atoms with Crippen LogP contribution in [0, 0.1) is 6.92 Å². The van der Waals surface area contributed by atoms with Crippen molar-refractivity contribution < 1.29 is 0 Å². The average molecular weight is 340 g/mol. The molecule has 0 radical (unpaired) electrons. The molecule has 25 heavy (non-hydrogen) atoms. The van der Waals surface area contributed by atoms with Crippen molar-refractivity contribution >= 4 is 11.6 Å². The molecule has 2 N–H and O–H groups in total. The number of anilines is 1. The predicted molar refractivity (Wildman–Crippen MR) is 103 cm³/mol. The lowest BCUT2D eigenvalue weighted by Gasteiger charge is -2.34. The van der Waals surface area contributed by atoms with E-state index in [-0.39, 0.29) is 0 Å². The molecule has 6 heteroatoms. The van der Waals surface area contributed by atoms with E-state index in [9.17, 15) is 0 Å². The Morgan fingerprint density at radius 2 is 2.00 bits per heavy atom. The van der Waals surface area contributed by atoms with E-state index in [1.165, 1.54) is 11.3 Å². The van der Waals surface area contributed by atoms with Crippen LogP contribution in [-0.2, 0) is 6.54 Å². The third-order valence-electron chi connectivity index (χ3n) is 4.58. The van der Waals surface area contributed by atoms with Crippen LogP contribution < -0.4 is 15.5 Å². The molecular formula is C19H28N6. The molecule has 0 unspecified atom stereocenters. The zero-order valence-corrected chi connectivity index (χ0v) is 15.2. The molecule has 6 nitrogen and oxygen atoms in total. The van der Waals surface area contributed by atoms with Gasteiger partial charge in [0.2, 0.25) is 0 Å². The van der Waals surface area contributed by atoms with Crippen LogP contribution in [0.5, 0.6) is 0 Å². The molecule has 1 saturated heterocycles. The summed E-state index contributed by atoms with van der Waals surface area (Å²) in [7, 11) is 1.83. The number of piperidine rings is 1. The molecule has 2 aromatic rings. The summed E-state index contributed by atoms with van der Waals surface area (Å²) >= 11 is 0. The van der Waals surface area contributed by atoms with E-state index in [0.29, 0.717) is 6.04 Å². The van der Waals surface area contributed by atoms with Crippen molar-refractivity contribution in [3.05, 3.63) is 48.3 Å². The first-order chi connectivity index (χ1) is 12.2. The highest BCUT2D eigenvalue weighted by atomic mass is 15.3. The minimum absolute atomic E-state index is 0.470. The molecule has 1 aromatic carbocycles. The number of aromatic nitrogens is 2. The number of hydrogen-bond donors (Lipinski definition) is 2. The smallest absolute Gasteiger partial charge is 0.191 e. The van der Waals surface area contributed by atoms with Crippen LogP contribution >= 0.6 is 0 Å². The predicted octanol–water partition coefficient (Wildman–Crippen LogP) is 2.03. The summed E-state index contributed by atoms with van der Waals surface area (Å²) in [5, 5.41) is 11.2. The van der Waals surface area contributed by atoms with Crippen LogP contribution in [0.3, 0.4) is 0 Å². The van der Waals surface area contributed by atoms with Crippen LogP contribution in [0.1, 0.15) is 18.4 Å². The Balaban J connectivity index is 1.41. The van der Waals surface area contributed by atoms with Crippen molar-refractivity contribution in [2.75, 3.05) is 31.6 Å². The van der Waals surface area contributed by atoms with Crippen molar-refractivity contribution in [1.29, 1.82) is 0 Å². The largest absolute Gasteiger partial charge is 0.371 e. The fourth-order valence-electron chi connectivity index (χ4n) is 3.19. The zero-order valence-electron chi connectivity index (χ0n) is 15.2. The van der Waals surface area contributed by atoms with Crippen molar-refractivity contribution in [2.24, 2.45) is 4.99 Å². The highest BCUT2D eigenvalue weighted by Crippen LogP contribution is 2.19. The van der Waals surface area contributed by atoms with Crippen molar-refractivity contribution in [2.45, 2.75) is 32.4 Å². The van der Waals surface area contributed by atoms with E-state index < -0.39 is 0 Å². The van der Waals surface area contributed by atoms with Gasteiger partial charge in [-0.15, -0.1) is 0 Å². The molecule has 2 heterocycles. The Labute approximate surface area is 149 Å². The number of nitrogens with one attached hydrogen (secondary N) is 2. The van der Waals surface area contributed by atoms with Gasteiger partial charge >= 0.3 is 0 Å². The summed E-state index contributed by atoms with van der Waals surface area (Å²) in [6, 6.07) is 11.1. The Morgan fingerprint density at radius 3 is 2.64 bits per heavy atom. The first kappa shape index (κ1) is 17.3. The normalized spacial score (nSPS) is 16.1. The van der Waals surface area contributed by atoms with Crippen molar-refractivity contribution in [3.8, 4) is 0 Å². The van der Waals surface area contributed by atoms with Gasteiger partial charge in [-0.25, -0.2) is 0 Å². The molecule has 134 valence electrons. The van der Waals surface area contributed by atoms with Gasteiger partial charge < -0.3 is 15.5 Å². The molecule has 0 amide bonds. The molecule has 0 spiro atoms. The number of aliphatic imine (C=N–C) groups is 1. The number of rotatable bonds is 5. The van der Waals surface area contributed by atoms with Gasteiger partial charge in [0.15, 0.2) is 5.96 Å². The van der Waals surface area contributed by atoms with E-state index >= 15 is 0 Å². The zero-order chi connectivity index (χ0) is 17.5. The summed E-state index contributed by atoms with van der Waals surface area (Å²) in [5.41, 5.74) is 2.51. The second-order valence-corrected chi connectivity index (χ2v) is 6.52. The fourth-order valence-corrected chi connectivity index (χ4v) is 3.19. The topological polar surface area (TPSA) is 57.5 Å². The Morgan fingerprint density at radius 1 is 1.24 bits per heavy atom. The molecule has 1 fully saturated rings. The van der Waals surface area contributed by atoms with Gasteiger partial charge in [0, 0.05) is 44.6 Å². The maximum atomic E-state index is 4.35. The van der Waals surface area contributed by atoms with Gasteiger partial charge in [0.05, 0.1) is 12.7 Å². The second-order valence-electron chi connectivity index (χ2n) is 6.52. The lowest BCUT2D eigenvalue weighted by molar-refractivity contribution is 0.460. The Bertz CT molecular complexity index is 670. The summed E-state index contributed by atoms with van der Waals surface area (Å²) in [5.74, 6) is 0.877. The molecule has 1 aliphatic heterocycles. The minimum Gasteiger partial charge on any atom is -0.371 e. The lowest BCUT2D eigenvalue weighted by atomic mass is 10.0. The van der Waals surface area contributed by atoms with Gasteiger partial charge in [0.25, 0.3) is 0 Å². The van der Waals surface area contributed by atoms with Gasteiger partial charge in [-0.1, -0.05) is 18.2 Å². The maximum absolute atomic E-state index is 4.35. The number of guanidine groups is 1. The van der Waals surface area contributed by atoms with Gasteiger partial charge in [-0.2, -0.15) is 5.10 Å². The maximum Gasteiger partial charge on any atom is 0.191 e. The molecule has 0 atom stereocenters. The van der Waals surface area contributed by atoms with Gasteiger partial charge in [-0.05, 0) is 37.5 Å². The van der Waals surface area contributed by atoms with Crippen LogP contribution in [0.15, 0.2) is 47.7 Å². The Kier molecular flexibility index (Phi) is 5.93. The summed E-state index contributed by atoms with van der Waals surface area (Å²) in [4.78, 5) is 6.80. The van der Waals surface area contributed by atoms with Gasteiger partial charge in [0.1, 0.15) is 0 Å². The van der Waals surface area contributed by atoms with Crippen molar-refractivity contribution in [1.82, 2.24) is 20.4 Å². The number of hydrogen-bond acceptors (Lipinski definition) is 3. The van der Waals surface area contributed by atoms with Crippen LogP contribution in [0.4, 0.5) is 5.69 Å². The third-order valence-corrected chi connectivity index (χ3v) is 4.58. The first-order valence-electron chi connectivity index (χ1n) is 9.01. The summed E-state index contributed by atoms with van der Waals surface area (Å²) in [6.07, 6.45) is 6.17. The van der Waals surface area contributed by atoms with E-state index in [4.69, 9.17) is 0 Å². The van der Waals surface area contributed by atoms with Crippen LogP contribution in [0.2, 0.25) is 0 Å². The highest BCUT2D eigenvalue weighted by molar-refractivity contribution is 5.79. The quantitative estimate of drug-likeness (QED) is 0.646. The molecule has 1 aromatic heterocycles. The molecule has 1 aliphatic rings. The highest BCUT2D eigenvalue weighted by Gasteiger charge is 2.20. The van der Waals surface area contributed by atoms with E-state index in [0.717, 1.165) is 45.0 Å². The standard InChI is InChI=1S/C19H28N6/c1-16-14-22-25(15-16)13-10-21-19(20-2)23-17-8-11-24(12-9-17)18-6-4-3-5-7-18/h3-7,14-15,17H,8-13H2,1-2H3,(H2,20,21,23). The number of benzene rings is 1. The second kappa shape index (κ2) is 8.55. The molecule has 0 bridgehead atoms. The first-order valence-corrected chi connectivity index (χ1v) is 9.01. The fraction of sp³-hybridized carbons (Fsp3) is 0.474. The number of aryl methyl sites for hydroxylation is 1. The van der Waals surface area contributed by atoms with Gasteiger partial charge in [-0.3, -0.25) is 9.67 Å². The molecule has 0 aliphatic carbocycles. The average Bonchev–Trinajstić information content (AvgIpc) is 3.07. The number of nitrogens with zero attached hydrogens (tertiary/aromatic N) is 4. The van der Waals surface area contributed by atoms with Crippen LogP contribution in [-0.4, -0.2) is 48.5 Å². The summed E-state index contributed by atoms with van der Waals surface area (Å²) in [6.45, 7) is 5.85. The SMILES string of the molecule is CN=C(NCCn1cc(C)cn1)NC1CCN(c2ccccc2)CC1. The molecule has 3 rings (SSSR count). The van der Waals surface area contributed by atoms with Crippen LogP contribution in [0.25, 0.3) is 0 Å². The molecule has 0 saturated carbocycles. The Hall–Kier alpha value is -2.50. The number of para-hydroxylation sites is 1. The minimum atomic E-state index is 0.470. The van der Waals surface area contributed by atoms with E-state index in [1.807, 2.05) is 17.9 Å². The third kappa shape index (κ3) is 4.98. The van der Waals surface area contributed by atoms with E-state index in [2.05, 4.69) is 69.1 Å². The molecular weight excluding hydrogens is 312 g/mol. The van der Waals surface area contributed by atoms with E-state index in [1.54, 1.807) is 0 Å². The monoisotopic (exact) mass is 340 g/mol. The van der Waals surface area contributed by atoms with Crippen molar-refractivity contribution in [3.63, 3.8) is 0 Å².